The van der Waals surface area contributed by atoms with Crippen LogP contribution in [0.4, 0.5) is 5.82 Å². The van der Waals surface area contributed by atoms with E-state index in [2.05, 4.69) is 39.6 Å². The molecule has 2 fully saturated rings. The standard InChI is InChI=1S/C26H28N6O2/c1-30-10-9-19(30)16-34-23-15-27-31(2)25(23)18-8-11-32-20(12-18)13-24(29-32)28-26(33)22-14-21(22)17-6-4-3-5-7-17/h3-8,11-13,15,19,21-22H,9-10,14,16H2,1-2H3,(H,28,29,33)/t19-,21-,22-/m1/s1. The zero-order chi connectivity index (χ0) is 23.2. The molecule has 0 unspecified atom stereocenters. The predicted molar refractivity (Wildman–Crippen MR) is 130 cm³/mol. The van der Waals surface area contributed by atoms with Crippen molar-refractivity contribution in [2.24, 2.45) is 13.0 Å². The van der Waals surface area contributed by atoms with Crippen LogP contribution in [0.5, 0.6) is 5.75 Å². The lowest BCUT2D eigenvalue weighted by Gasteiger charge is -2.37. The average molecular weight is 457 g/mol. The highest BCUT2D eigenvalue weighted by atomic mass is 16.5. The number of likely N-dealkylation sites (tertiary alicyclic amines) is 1. The maximum atomic E-state index is 12.8. The van der Waals surface area contributed by atoms with Crippen LogP contribution in [0.15, 0.2) is 60.9 Å². The SMILES string of the molecule is CN1CC[C@@H]1COc1cnn(C)c1-c1ccn2nc(NC(=O)[C@@H]3C[C@@H]3c3ccccc3)cc2c1. The van der Waals surface area contributed by atoms with Crippen molar-refractivity contribution in [3.63, 3.8) is 0 Å². The summed E-state index contributed by atoms with van der Waals surface area (Å²) in [6, 6.07) is 16.6. The lowest BCUT2D eigenvalue weighted by molar-refractivity contribution is -0.117. The topological polar surface area (TPSA) is 76.7 Å². The first kappa shape index (κ1) is 20.9. The molecule has 3 aromatic heterocycles. The van der Waals surface area contributed by atoms with Crippen molar-refractivity contribution in [1.82, 2.24) is 24.3 Å². The van der Waals surface area contributed by atoms with Crippen molar-refractivity contribution in [2.75, 3.05) is 25.5 Å². The number of pyridine rings is 1. The van der Waals surface area contributed by atoms with Crippen molar-refractivity contribution in [3.05, 3.63) is 66.5 Å². The second-order valence-corrected chi connectivity index (χ2v) is 9.38. The summed E-state index contributed by atoms with van der Waals surface area (Å²) >= 11 is 0. The number of hydrogen-bond acceptors (Lipinski definition) is 5. The number of ether oxygens (including phenoxy) is 1. The molecule has 34 heavy (non-hydrogen) atoms. The highest BCUT2D eigenvalue weighted by Gasteiger charge is 2.44. The summed E-state index contributed by atoms with van der Waals surface area (Å²) in [4.78, 5) is 15.1. The Bertz CT molecular complexity index is 1340. The van der Waals surface area contributed by atoms with Gasteiger partial charge in [0.05, 0.1) is 11.7 Å². The molecule has 1 N–H and O–H groups in total. The third-order valence-corrected chi connectivity index (χ3v) is 7.12. The summed E-state index contributed by atoms with van der Waals surface area (Å²) in [5.74, 6) is 1.68. The van der Waals surface area contributed by atoms with Gasteiger partial charge in [0.15, 0.2) is 11.6 Å². The van der Waals surface area contributed by atoms with E-state index in [0.29, 0.717) is 24.4 Å². The van der Waals surface area contributed by atoms with Gasteiger partial charge in [-0.1, -0.05) is 30.3 Å². The van der Waals surface area contributed by atoms with E-state index in [9.17, 15) is 4.79 Å². The van der Waals surface area contributed by atoms with E-state index in [0.717, 1.165) is 41.9 Å². The molecule has 8 heteroatoms. The fourth-order valence-corrected chi connectivity index (χ4v) is 4.79. The largest absolute Gasteiger partial charge is 0.488 e. The quantitative estimate of drug-likeness (QED) is 0.460. The molecule has 0 radical (unpaired) electrons. The molecule has 2 aliphatic rings. The second-order valence-electron chi connectivity index (χ2n) is 9.38. The van der Waals surface area contributed by atoms with Crippen LogP contribution in [0.25, 0.3) is 16.8 Å². The van der Waals surface area contributed by atoms with Crippen molar-refractivity contribution in [3.8, 4) is 17.0 Å². The van der Waals surface area contributed by atoms with Gasteiger partial charge in [0.1, 0.15) is 12.3 Å². The molecule has 1 saturated carbocycles. The fraction of sp³-hybridized carbons (Fsp3) is 0.346. The molecule has 1 aliphatic heterocycles. The van der Waals surface area contributed by atoms with E-state index < -0.39 is 0 Å². The van der Waals surface area contributed by atoms with Crippen LogP contribution in [0.3, 0.4) is 0 Å². The van der Waals surface area contributed by atoms with E-state index in [-0.39, 0.29) is 11.8 Å². The minimum Gasteiger partial charge on any atom is -0.488 e. The minimum absolute atomic E-state index is 0.00614. The van der Waals surface area contributed by atoms with Crippen LogP contribution >= 0.6 is 0 Å². The van der Waals surface area contributed by atoms with E-state index in [4.69, 9.17) is 4.74 Å². The Kier molecular flexibility index (Phi) is 5.10. The molecule has 0 bridgehead atoms. The first-order valence-corrected chi connectivity index (χ1v) is 11.8. The third kappa shape index (κ3) is 3.84. The number of benzene rings is 1. The molecule has 174 valence electrons. The zero-order valence-corrected chi connectivity index (χ0v) is 19.4. The van der Waals surface area contributed by atoms with E-state index in [1.165, 1.54) is 5.56 Å². The summed E-state index contributed by atoms with van der Waals surface area (Å²) in [6.07, 6.45) is 5.72. The minimum atomic E-state index is 0.00614. The lowest BCUT2D eigenvalue weighted by Crippen LogP contribution is -2.48. The highest BCUT2D eigenvalue weighted by molar-refractivity contribution is 5.95. The van der Waals surface area contributed by atoms with Gasteiger partial charge in [-0.15, -0.1) is 0 Å². The molecule has 1 saturated heterocycles. The first-order valence-electron chi connectivity index (χ1n) is 11.8. The monoisotopic (exact) mass is 456 g/mol. The predicted octanol–water partition coefficient (Wildman–Crippen LogP) is 3.56. The van der Waals surface area contributed by atoms with Crippen LogP contribution in [-0.4, -0.2) is 56.4 Å². The molecular formula is C26H28N6O2. The first-order chi connectivity index (χ1) is 16.6. The Morgan fingerprint density at radius 2 is 2.03 bits per heavy atom. The van der Waals surface area contributed by atoms with Crippen LogP contribution in [0.2, 0.25) is 0 Å². The molecule has 4 heterocycles. The maximum absolute atomic E-state index is 12.8. The number of likely N-dealkylation sites (N-methyl/N-ethyl adjacent to an activating group) is 1. The Morgan fingerprint density at radius 3 is 2.79 bits per heavy atom. The number of aromatic nitrogens is 4. The Labute approximate surface area is 198 Å². The molecule has 1 amide bonds. The van der Waals surface area contributed by atoms with E-state index in [1.807, 2.05) is 54.3 Å². The summed E-state index contributed by atoms with van der Waals surface area (Å²) in [6.45, 7) is 1.78. The second kappa shape index (κ2) is 8.29. The lowest BCUT2D eigenvalue weighted by atomic mass is 10.1. The summed E-state index contributed by atoms with van der Waals surface area (Å²) in [5, 5.41) is 12.0. The molecule has 0 spiro atoms. The van der Waals surface area contributed by atoms with Crippen LogP contribution in [-0.2, 0) is 11.8 Å². The maximum Gasteiger partial charge on any atom is 0.229 e. The van der Waals surface area contributed by atoms with Crippen LogP contribution < -0.4 is 10.1 Å². The number of nitrogens with one attached hydrogen (secondary N) is 1. The number of carbonyl (C=O) groups is 1. The van der Waals surface area contributed by atoms with Gasteiger partial charge in [0.2, 0.25) is 5.91 Å². The summed E-state index contributed by atoms with van der Waals surface area (Å²) < 4.78 is 9.75. The van der Waals surface area contributed by atoms with Gasteiger partial charge in [-0.3, -0.25) is 14.4 Å². The third-order valence-electron chi connectivity index (χ3n) is 7.12. The van der Waals surface area contributed by atoms with Gasteiger partial charge in [-0.25, -0.2) is 4.52 Å². The van der Waals surface area contributed by atoms with Crippen molar-refractivity contribution < 1.29 is 9.53 Å². The van der Waals surface area contributed by atoms with E-state index >= 15 is 0 Å². The molecular weight excluding hydrogens is 428 g/mol. The van der Waals surface area contributed by atoms with Gasteiger partial charge in [-0.2, -0.15) is 10.2 Å². The van der Waals surface area contributed by atoms with Gasteiger partial charge in [-0.05, 0) is 50.0 Å². The van der Waals surface area contributed by atoms with Crippen LogP contribution in [0.1, 0.15) is 24.3 Å². The van der Waals surface area contributed by atoms with E-state index in [1.54, 1.807) is 10.7 Å². The number of rotatable bonds is 7. The molecule has 6 rings (SSSR count). The van der Waals surface area contributed by atoms with Gasteiger partial charge in [0.25, 0.3) is 0 Å². The van der Waals surface area contributed by atoms with Crippen molar-refractivity contribution >= 4 is 17.2 Å². The Balaban J connectivity index is 1.17. The van der Waals surface area contributed by atoms with Crippen molar-refractivity contribution in [1.29, 1.82) is 0 Å². The zero-order valence-electron chi connectivity index (χ0n) is 19.4. The molecule has 1 aliphatic carbocycles. The average Bonchev–Trinajstić information content (AvgIpc) is 3.43. The number of anilines is 1. The van der Waals surface area contributed by atoms with Crippen molar-refractivity contribution in [2.45, 2.75) is 24.8 Å². The normalized spacial score (nSPS) is 21.9. The van der Waals surface area contributed by atoms with Crippen LogP contribution in [0, 0.1) is 5.92 Å². The number of fused-ring (bicyclic) bond motifs is 1. The number of hydrogen-bond donors (Lipinski definition) is 1. The number of nitrogens with zero attached hydrogens (tertiary/aromatic N) is 5. The molecule has 3 atom stereocenters. The molecule has 1 aromatic carbocycles. The van der Waals surface area contributed by atoms with Gasteiger partial charge >= 0.3 is 0 Å². The number of amides is 1. The molecule has 4 aromatic rings. The number of carbonyl (C=O) groups excluding carboxylic acids is 1. The number of aryl methyl sites for hydroxylation is 1. The summed E-state index contributed by atoms with van der Waals surface area (Å²) in [7, 11) is 4.04. The molecule has 8 nitrogen and oxygen atoms in total. The Hall–Kier alpha value is -3.65. The fourth-order valence-electron chi connectivity index (χ4n) is 4.79. The van der Waals surface area contributed by atoms with Gasteiger partial charge < -0.3 is 10.1 Å². The smallest absolute Gasteiger partial charge is 0.229 e. The van der Waals surface area contributed by atoms with Gasteiger partial charge in [0, 0.05) is 36.8 Å². The Morgan fingerprint density at radius 1 is 1.18 bits per heavy atom. The summed E-state index contributed by atoms with van der Waals surface area (Å²) in [5.41, 5.74) is 4.04. The highest BCUT2D eigenvalue weighted by Crippen LogP contribution is 2.47.